The number of hydrogen-bond donors (Lipinski definition) is 0. The van der Waals surface area contributed by atoms with Crippen LogP contribution in [0.15, 0.2) is 11.6 Å². The normalized spacial score (nSPS) is 9.58. The van der Waals surface area contributed by atoms with Crippen LogP contribution in [-0.4, -0.2) is 18.1 Å². The fourth-order valence-corrected chi connectivity index (χ4v) is 0.588. The van der Waals surface area contributed by atoms with Gasteiger partial charge >= 0.3 is 5.97 Å². The Kier molecular flexibility index (Phi) is 8.58. The van der Waals surface area contributed by atoms with Crippen LogP contribution in [0.4, 0.5) is 0 Å². The van der Waals surface area contributed by atoms with E-state index in [1.165, 1.54) is 0 Å². The fraction of sp³-hybridized carbons (Fsp3) is 0.500. The highest BCUT2D eigenvalue weighted by molar-refractivity contribution is 5.92. The molecule has 0 amide bonds. The highest BCUT2D eigenvalue weighted by atomic mass is 16.5. The van der Waals surface area contributed by atoms with E-state index in [1.54, 1.807) is 19.1 Å². The molecule has 0 aliphatic carbocycles. The van der Waals surface area contributed by atoms with Crippen molar-refractivity contribution in [1.29, 1.82) is 5.26 Å². The van der Waals surface area contributed by atoms with E-state index in [9.17, 15) is 4.79 Å². The Hall–Kier alpha value is -1.34. The lowest BCUT2D eigenvalue weighted by molar-refractivity contribution is -0.138. The third-order valence-corrected chi connectivity index (χ3v) is 1.02. The molecule has 0 aromatic carbocycles. The predicted molar refractivity (Wildman–Crippen MR) is 44.2 cm³/mol. The van der Waals surface area contributed by atoms with E-state index in [0.29, 0.717) is 13.0 Å². The Bertz CT molecular complexity index is 203. The van der Waals surface area contributed by atoms with Gasteiger partial charge in [0.1, 0.15) is 11.6 Å². The van der Waals surface area contributed by atoms with Crippen LogP contribution in [0, 0.1) is 11.3 Å². The third-order valence-electron chi connectivity index (χ3n) is 1.02. The molecule has 0 atom stereocenters. The number of carbonyl (C=O) groups is 1. The van der Waals surface area contributed by atoms with Crippen molar-refractivity contribution in [3.8, 4) is 6.07 Å². The molecule has 0 rings (SSSR count). The zero-order valence-electron chi connectivity index (χ0n) is 7.26. The van der Waals surface area contributed by atoms with Crippen molar-refractivity contribution in [3.63, 3.8) is 0 Å². The van der Waals surface area contributed by atoms with Gasteiger partial charge in [0.05, 0.1) is 6.61 Å². The van der Waals surface area contributed by atoms with E-state index in [0.717, 1.165) is 0 Å². The van der Waals surface area contributed by atoms with Crippen LogP contribution in [0.1, 0.15) is 20.3 Å². The number of hydrogen-bond acceptors (Lipinski definition) is 3. The average Bonchev–Trinajstić information content (AvgIpc) is 2.00. The van der Waals surface area contributed by atoms with Crippen LogP contribution in [0.25, 0.3) is 0 Å². The summed E-state index contributed by atoms with van der Waals surface area (Å²) in [5.74, 6) is -0.531. The van der Waals surface area contributed by atoms with E-state index >= 15 is 0 Å². The molecule has 0 saturated heterocycles. The van der Waals surface area contributed by atoms with Crippen LogP contribution in [-0.2, 0) is 9.53 Å². The van der Waals surface area contributed by atoms with Gasteiger partial charge in [-0.15, -0.1) is 0 Å². The van der Waals surface area contributed by atoms with Gasteiger partial charge in [0, 0.05) is 0 Å². The summed E-state index contributed by atoms with van der Waals surface area (Å²) in [6.45, 7) is 3.87. The molecular weight excluding hydrogens is 158 g/mol. The lowest BCUT2D eigenvalue weighted by atomic mass is 10.2. The van der Waals surface area contributed by atoms with Crippen LogP contribution in [0.5, 0.6) is 0 Å². The van der Waals surface area contributed by atoms with Crippen molar-refractivity contribution < 1.29 is 15.0 Å². The third kappa shape index (κ3) is 4.47. The second-order valence-corrected chi connectivity index (χ2v) is 1.86. The smallest absolute Gasteiger partial charge is 0.348 e. The van der Waals surface area contributed by atoms with Crippen molar-refractivity contribution in [1.82, 2.24) is 0 Å². The largest absolute Gasteiger partial charge is 0.462 e. The molecule has 0 spiro atoms. The van der Waals surface area contributed by atoms with Crippen LogP contribution < -0.4 is 0 Å². The van der Waals surface area contributed by atoms with Crippen molar-refractivity contribution in [2.24, 2.45) is 0 Å². The summed E-state index contributed by atoms with van der Waals surface area (Å²) in [6, 6.07) is 1.77. The summed E-state index contributed by atoms with van der Waals surface area (Å²) < 4.78 is 4.62. The first-order valence-electron chi connectivity index (χ1n) is 3.53. The maximum Gasteiger partial charge on any atom is 0.348 e. The number of allylic oxidation sites excluding steroid dienone is 1. The molecule has 0 aromatic rings. The van der Waals surface area contributed by atoms with Crippen molar-refractivity contribution in [2.75, 3.05) is 6.61 Å². The topological polar surface area (TPSA) is 81.6 Å². The number of rotatable bonds is 3. The Balaban J connectivity index is 0. The van der Waals surface area contributed by atoms with Crippen LogP contribution in [0.2, 0.25) is 0 Å². The minimum absolute atomic E-state index is 0. The van der Waals surface area contributed by atoms with Gasteiger partial charge in [0.2, 0.25) is 0 Å². The lowest BCUT2D eigenvalue weighted by Gasteiger charge is -1.97. The Morgan fingerprint density at radius 2 is 2.17 bits per heavy atom. The maximum atomic E-state index is 10.9. The number of carbonyl (C=O) groups excluding carboxylic acids is 1. The van der Waals surface area contributed by atoms with E-state index < -0.39 is 5.97 Å². The van der Waals surface area contributed by atoms with Gasteiger partial charge in [-0.1, -0.05) is 13.0 Å². The van der Waals surface area contributed by atoms with Gasteiger partial charge in [0.15, 0.2) is 0 Å². The number of ether oxygens (including phenoxy) is 1. The van der Waals surface area contributed by atoms with Crippen LogP contribution >= 0.6 is 0 Å². The van der Waals surface area contributed by atoms with Gasteiger partial charge in [0.25, 0.3) is 0 Å². The van der Waals surface area contributed by atoms with E-state index in [2.05, 4.69) is 4.74 Å². The van der Waals surface area contributed by atoms with Crippen molar-refractivity contribution in [2.45, 2.75) is 20.3 Å². The summed E-state index contributed by atoms with van der Waals surface area (Å²) in [4.78, 5) is 10.9. The SMILES string of the molecule is CC/C=C(\C#N)C(=O)OCC.O. The number of nitrogens with zero attached hydrogens (tertiary/aromatic N) is 1. The molecule has 4 nitrogen and oxygen atoms in total. The molecule has 68 valence electrons. The summed E-state index contributed by atoms with van der Waals surface area (Å²) in [7, 11) is 0. The minimum Gasteiger partial charge on any atom is -0.462 e. The van der Waals surface area contributed by atoms with Crippen LogP contribution in [0.3, 0.4) is 0 Å². The molecule has 0 unspecified atom stereocenters. The van der Waals surface area contributed by atoms with Gasteiger partial charge in [-0.25, -0.2) is 4.79 Å². The molecular formula is C8H13NO3. The van der Waals surface area contributed by atoms with E-state index in [1.807, 2.05) is 6.92 Å². The highest BCUT2D eigenvalue weighted by Gasteiger charge is 2.07. The first-order valence-corrected chi connectivity index (χ1v) is 3.53. The zero-order chi connectivity index (χ0) is 8.69. The molecule has 0 aliphatic heterocycles. The predicted octanol–water partition coefficient (Wildman–Crippen LogP) is 0.585. The quantitative estimate of drug-likeness (QED) is 0.354. The Labute approximate surface area is 71.8 Å². The zero-order valence-corrected chi connectivity index (χ0v) is 7.26. The second kappa shape index (κ2) is 7.76. The molecule has 2 N–H and O–H groups in total. The first kappa shape index (κ1) is 13.3. The molecule has 0 radical (unpaired) electrons. The van der Waals surface area contributed by atoms with E-state index in [-0.39, 0.29) is 11.0 Å². The Morgan fingerprint density at radius 1 is 1.58 bits per heavy atom. The number of nitriles is 1. The standard InChI is InChI=1S/C8H11NO2.H2O/c1-3-5-7(6-9)8(10)11-4-2;/h5H,3-4H2,1-2H3;1H2/b7-5+;. The van der Waals surface area contributed by atoms with E-state index in [4.69, 9.17) is 5.26 Å². The molecule has 4 heteroatoms. The molecule has 12 heavy (non-hydrogen) atoms. The first-order chi connectivity index (χ1) is 5.26. The Morgan fingerprint density at radius 3 is 2.50 bits per heavy atom. The molecule has 0 heterocycles. The average molecular weight is 171 g/mol. The maximum absolute atomic E-state index is 10.9. The fourth-order valence-electron chi connectivity index (χ4n) is 0.588. The second-order valence-electron chi connectivity index (χ2n) is 1.86. The summed E-state index contributed by atoms with van der Waals surface area (Å²) >= 11 is 0. The van der Waals surface area contributed by atoms with Gasteiger partial charge < -0.3 is 10.2 Å². The van der Waals surface area contributed by atoms with Gasteiger partial charge in [-0.3, -0.25) is 0 Å². The number of esters is 1. The molecule has 0 saturated carbocycles. The molecule has 0 aromatic heterocycles. The summed E-state index contributed by atoms with van der Waals surface area (Å²) in [6.07, 6.45) is 2.22. The molecule has 0 aliphatic rings. The monoisotopic (exact) mass is 171 g/mol. The van der Waals surface area contributed by atoms with Gasteiger partial charge in [-0.05, 0) is 13.3 Å². The van der Waals surface area contributed by atoms with Gasteiger partial charge in [-0.2, -0.15) is 5.26 Å². The molecule has 0 fully saturated rings. The summed E-state index contributed by atoms with van der Waals surface area (Å²) in [5.41, 5.74) is 0.0920. The van der Waals surface area contributed by atoms with Crippen molar-refractivity contribution in [3.05, 3.63) is 11.6 Å². The lowest BCUT2D eigenvalue weighted by Crippen LogP contribution is -2.05. The van der Waals surface area contributed by atoms with Crippen molar-refractivity contribution >= 4 is 5.97 Å². The minimum atomic E-state index is -0.531. The summed E-state index contributed by atoms with van der Waals surface area (Å²) in [5, 5.41) is 8.44. The molecule has 0 bridgehead atoms. The highest BCUT2D eigenvalue weighted by Crippen LogP contribution is 1.97.